The Kier molecular flexibility index (Phi) is 2.66. The molecule has 62 valence electrons. The van der Waals surface area contributed by atoms with Crippen molar-refractivity contribution in [3.05, 3.63) is 20.8 Å². The van der Waals surface area contributed by atoms with Crippen molar-refractivity contribution in [2.45, 2.75) is 5.75 Å². The Morgan fingerprint density at radius 1 is 1.64 bits per heavy atom. The van der Waals surface area contributed by atoms with Crippen molar-refractivity contribution >= 4 is 37.5 Å². The Bertz CT molecular complexity index is 343. The lowest BCUT2D eigenvalue weighted by atomic mass is 10.5. The van der Waals surface area contributed by atoms with E-state index >= 15 is 0 Å². The highest BCUT2D eigenvalue weighted by Crippen LogP contribution is 2.21. The second-order valence-corrected chi connectivity index (χ2v) is 5.19. The summed E-state index contributed by atoms with van der Waals surface area (Å²) in [6, 6.07) is 1.59. The van der Waals surface area contributed by atoms with E-state index in [2.05, 4.69) is 15.9 Å². The zero-order chi connectivity index (χ0) is 8.48. The van der Waals surface area contributed by atoms with E-state index < -0.39 is 16.0 Å². The summed E-state index contributed by atoms with van der Waals surface area (Å²) in [4.78, 5) is 0.499. The molecule has 0 radical (unpaired) electrons. The third kappa shape index (κ3) is 3.31. The summed E-state index contributed by atoms with van der Waals surface area (Å²) < 4.78 is 33.1. The number of hydrogen-bond donors (Lipinski definition) is 0. The molecule has 6 heteroatoms. The number of thiophene rings is 1. The zero-order valence-electron chi connectivity index (χ0n) is 5.25. The van der Waals surface area contributed by atoms with Gasteiger partial charge in [-0.3, -0.25) is 0 Å². The van der Waals surface area contributed by atoms with Crippen LogP contribution in [-0.2, 0) is 16.0 Å². The van der Waals surface area contributed by atoms with E-state index in [0.29, 0.717) is 4.88 Å². The maximum Gasteiger partial charge on any atom is 0.307 e. The van der Waals surface area contributed by atoms with Crippen LogP contribution in [-0.4, -0.2) is 8.42 Å². The lowest BCUT2D eigenvalue weighted by Gasteiger charge is -1.87. The van der Waals surface area contributed by atoms with Crippen LogP contribution in [0.3, 0.4) is 0 Å². The highest BCUT2D eigenvalue weighted by atomic mass is 79.9. The molecule has 0 aliphatic rings. The Hall–Kier alpha value is 0.0600. The molecule has 0 aromatic carbocycles. The average molecular weight is 259 g/mol. The molecule has 0 saturated heterocycles. The molecule has 0 saturated carbocycles. The highest BCUT2D eigenvalue weighted by molar-refractivity contribution is 9.10. The molecule has 11 heavy (non-hydrogen) atoms. The van der Waals surface area contributed by atoms with Crippen LogP contribution in [0.1, 0.15) is 4.88 Å². The Morgan fingerprint density at radius 3 is 2.64 bits per heavy atom. The van der Waals surface area contributed by atoms with Crippen molar-refractivity contribution in [3.8, 4) is 0 Å². The average Bonchev–Trinajstić information content (AvgIpc) is 2.10. The Morgan fingerprint density at radius 2 is 2.27 bits per heavy atom. The molecule has 0 bridgehead atoms. The van der Waals surface area contributed by atoms with Gasteiger partial charge in [0.1, 0.15) is 5.75 Å². The smallest absolute Gasteiger partial charge is 0.194 e. The molecular weight excluding hydrogens is 255 g/mol. The van der Waals surface area contributed by atoms with Crippen LogP contribution >= 0.6 is 27.3 Å². The molecule has 0 aliphatic carbocycles. The van der Waals surface area contributed by atoms with E-state index in [1.807, 2.05) is 0 Å². The molecule has 1 aromatic heterocycles. The van der Waals surface area contributed by atoms with E-state index in [1.165, 1.54) is 11.3 Å². The largest absolute Gasteiger partial charge is 0.307 e. The standard InChI is InChI=1S/C5H4BrFO2S2/c6-4-1-5(10-2-4)3-11(7,8)9/h1-2H,3H2. The first-order chi connectivity index (χ1) is 4.97. The normalized spacial score (nSPS) is 11.8. The molecular formula is C5H4BrFO2S2. The first-order valence-electron chi connectivity index (χ1n) is 2.62. The number of hydrogen-bond acceptors (Lipinski definition) is 3. The molecule has 0 aliphatic heterocycles. The summed E-state index contributed by atoms with van der Waals surface area (Å²) in [5.74, 6) is -0.525. The van der Waals surface area contributed by atoms with E-state index in [9.17, 15) is 12.3 Å². The predicted octanol–water partition coefficient (Wildman–Crippen LogP) is 2.31. The fraction of sp³-hybridized carbons (Fsp3) is 0.200. The van der Waals surface area contributed by atoms with Gasteiger partial charge in [0.2, 0.25) is 0 Å². The zero-order valence-corrected chi connectivity index (χ0v) is 8.47. The van der Waals surface area contributed by atoms with Crippen LogP contribution in [0.5, 0.6) is 0 Å². The van der Waals surface area contributed by atoms with Crippen LogP contribution in [0.15, 0.2) is 15.9 Å². The molecule has 0 unspecified atom stereocenters. The first kappa shape index (κ1) is 9.15. The van der Waals surface area contributed by atoms with E-state index in [-0.39, 0.29) is 0 Å². The van der Waals surface area contributed by atoms with E-state index in [4.69, 9.17) is 0 Å². The van der Waals surface area contributed by atoms with Gasteiger partial charge in [-0.05, 0) is 22.0 Å². The van der Waals surface area contributed by atoms with Crippen molar-refractivity contribution in [3.63, 3.8) is 0 Å². The van der Waals surface area contributed by atoms with Crippen LogP contribution in [0.25, 0.3) is 0 Å². The lowest BCUT2D eigenvalue weighted by Crippen LogP contribution is -1.92. The summed E-state index contributed by atoms with van der Waals surface area (Å²) in [6.07, 6.45) is 0. The summed E-state index contributed by atoms with van der Waals surface area (Å²) in [5.41, 5.74) is 0. The fourth-order valence-corrected chi connectivity index (χ4v) is 2.95. The molecule has 0 N–H and O–H groups in total. The van der Waals surface area contributed by atoms with Crippen LogP contribution in [0.4, 0.5) is 3.89 Å². The highest BCUT2D eigenvalue weighted by Gasteiger charge is 2.09. The monoisotopic (exact) mass is 258 g/mol. The third-order valence-corrected chi connectivity index (χ3v) is 3.47. The summed E-state index contributed by atoms with van der Waals surface area (Å²) >= 11 is 4.34. The number of halogens is 2. The van der Waals surface area contributed by atoms with Gasteiger partial charge >= 0.3 is 10.2 Å². The summed E-state index contributed by atoms with van der Waals surface area (Å²) in [6.45, 7) is 0. The van der Waals surface area contributed by atoms with Gasteiger partial charge in [-0.1, -0.05) is 0 Å². The second-order valence-electron chi connectivity index (χ2n) is 1.91. The maximum atomic E-state index is 12.0. The Labute approximate surface area is 76.4 Å². The van der Waals surface area contributed by atoms with Gasteiger partial charge in [-0.2, -0.15) is 8.42 Å². The van der Waals surface area contributed by atoms with Gasteiger partial charge in [0, 0.05) is 14.7 Å². The Balaban J connectivity index is 2.81. The van der Waals surface area contributed by atoms with Gasteiger partial charge in [-0.25, -0.2) is 0 Å². The maximum absolute atomic E-state index is 12.0. The van der Waals surface area contributed by atoms with Gasteiger partial charge < -0.3 is 0 Å². The first-order valence-corrected chi connectivity index (χ1v) is 5.85. The summed E-state index contributed by atoms with van der Waals surface area (Å²) in [7, 11) is -4.37. The van der Waals surface area contributed by atoms with Gasteiger partial charge in [-0.15, -0.1) is 15.2 Å². The molecule has 0 amide bonds. The van der Waals surface area contributed by atoms with Gasteiger partial charge in [0.15, 0.2) is 0 Å². The number of rotatable bonds is 2. The van der Waals surface area contributed by atoms with Crippen LogP contribution < -0.4 is 0 Å². The second kappa shape index (κ2) is 3.20. The van der Waals surface area contributed by atoms with Crippen LogP contribution in [0, 0.1) is 0 Å². The molecule has 1 heterocycles. The van der Waals surface area contributed by atoms with Crippen molar-refractivity contribution < 1.29 is 12.3 Å². The van der Waals surface area contributed by atoms with Gasteiger partial charge in [0.25, 0.3) is 0 Å². The topological polar surface area (TPSA) is 34.1 Å². The minimum Gasteiger partial charge on any atom is -0.194 e. The minimum absolute atomic E-state index is 0.499. The van der Waals surface area contributed by atoms with Crippen molar-refractivity contribution in [2.75, 3.05) is 0 Å². The molecule has 0 fully saturated rings. The van der Waals surface area contributed by atoms with Crippen molar-refractivity contribution in [1.82, 2.24) is 0 Å². The van der Waals surface area contributed by atoms with E-state index in [1.54, 1.807) is 11.4 Å². The molecule has 2 nitrogen and oxygen atoms in total. The van der Waals surface area contributed by atoms with Gasteiger partial charge in [0.05, 0.1) is 0 Å². The van der Waals surface area contributed by atoms with E-state index in [0.717, 1.165) is 4.47 Å². The minimum atomic E-state index is -4.37. The summed E-state index contributed by atoms with van der Waals surface area (Å²) in [5, 5.41) is 1.71. The third-order valence-electron chi connectivity index (χ3n) is 0.936. The SMILES string of the molecule is O=S(=O)(F)Cc1cc(Br)cs1. The molecule has 0 atom stereocenters. The fourth-order valence-electron chi connectivity index (χ4n) is 0.599. The molecule has 1 aromatic rings. The lowest BCUT2D eigenvalue weighted by molar-refractivity contribution is 0.551. The van der Waals surface area contributed by atoms with Crippen LogP contribution in [0.2, 0.25) is 0 Å². The molecule has 0 spiro atoms. The predicted molar refractivity (Wildman–Crippen MR) is 45.8 cm³/mol. The van der Waals surface area contributed by atoms with Crippen molar-refractivity contribution in [1.29, 1.82) is 0 Å². The van der Waals surface area contributed by atoms with Crippen molar-refractivity contribution in [2.24, 2.45) is 0 Å². The quantitative estimate of drug-likeness (QED) is 0.764. The molecule has 1 rings (SSSR count).